The minimum absolute atomic E-state index is 0.0188. The molecule has 5 heteroatoms. The molecule has 0 unspecified atom stereocenters. The molecule has 2 atom stereocenters. The molecule has 1 aliphatic carbocycles. The van der Waals surface area contributed by atoms with Crippen LogP contribution >= 0.6 is 0 Å². The van der Waals surface area contributed by atoms with E-state index in [0.717, 1.165) is 19.3 Å². The van der Waals surface area contributed by atoms with Crippen molar-refractivity contribution in [2.45, 2.75) is 32.6 Å². The molecule has 1 fully saturated rings. The lowest BCUT2D eigenvalue weighted by Gasteiger charge is -2.28. The van der Waals surface area contributed by atoms with Gasteiger partial charge in [0.2, 0.25) is 0 Å². The van der Waals surface area contributed by atoms with E-state index < -0.39 is 5.97 Å². The topological polar surface area (TPSA) is 75.6 Å². The third kappa shape index (κ3) is 4.23. The van der Waals surface area contributed by atoms with Crippen molar-refractivity contribution in [2.24, 2.45) is 11.8 Å². The van der Waals surface area contributed by atoms with Crippen LogP contribution in [-0.4, -0.2) is 30.1 Å². The molecule has 1 aliphatic rings. The molecule has 2 N–H and O–H groups in total. The maximum Gasteiger partial charge on any atom is 0.306 e. The van der Waals surface area contributed by atoms with Crippen molar-refractivity contribution >= 4 is 11.9 Å². The van der Waals surface area contributed by atoms with Gasteiger partial charge in [-0.05, 0) is 43.9 Å². The number of carbonyl (C=O) groups is 2. The Labute approximate surface area is 130 Å². The summed E-state index contributed by atoms with van der Waals surface area (Å²) in [6.45, 7) is 2.85. The van der Waals surface area contributed by atoms with E-state index >= 15 is 0 Å². The summed E-state index contributed by atoms with van der Waals surface area (Å²) >= 11 is 0. The van der Waals surface area contributed by atoms with E-state index in [1.54, 1.807) is 18.2 Å². The highest BCUT2D eigenvalue weighted by molar-refractivity contribution is 5.94. The molecule has 0 aliphatic heterocycles. The van der Waals surface area contributed by atoms with Gasteiger partial charge in [-0.1, -0.05) is 18.9 Å². The highest BCUT2D eigenvalue weighted by atomic mass is 16.5. The number of benzene rings is 1. The normalized spacial score (nSPS) is 21.1. The van der Waals surface area contributed by atoms with Crippen molar-refractivity contribution in [2.75, 3.05) is 13.2 Å². The molecule has 2 rings (SSSR count). The van der Waals surface area contributed by atoms with Gasteiger partial charge in [0.15, 0.2) is 0 Å². The van der Waals surface area contributed by atoms with Gasteiger partial charge in [-0.25, -0.2) is 0 Å². The fourth-order valence-electron chi connectivity index (χ4n) is 3.00. The number of hydrogen-bond donors (Lipinski definition) is 2. The highest BCUT2D eigenvalue weighted by Gasteiger charge is 2.30. The van der Waals surface area contributed by atoms with Crippen LogP contribution in [0.4, 0.5) is 0 Å². The Morgan fingerprint density at radius 3 is 2.82 bits per heavy atom. The summed E-state index contributed by atoms with van der Waals surface area (Å²) in [4.78, 5) is 23.5. The van der Waals surface area contributed by atoms with Crippen LogP contribution in [0.15, 0.2) is 24.3 Å². The molecule has 1 aromatic rings. The Balaban J connectivity index is 1.94. The second-order valence-corrected chi connectivity index (χ2v) is 5.66. The number of ether oxygens (including phenoxy) is 1. The first-order valence-electron chi connectivity index (χ1n) is 7.85. The van der Waals surface area contributed by atoms with Gasteiger partial charge < -0.3 is 15.2 Å². The zero-order chi connectivity index (χ0) is 15.9. The fourth-order valence-corrected chi connectivity index (χ4v) is 3.00. The lowest BCUT2D eigenvalue weighted by molar-refractivity contribution is -0.144. The molecular weight excluding hydrogens is 282 g/mol. The fraction of sp³-hybridized carbons (Fsp3) is 0.529. The second kappa shape index (κ2) is 7.82. The van der Waals surface area contributed by atoms with E-state index in [1.807, 2.05) is 13.0 Å². The summed E-state index contributed by atoms with van der Waals surface area (Å²) in [6.07, 6.45) is 3.55. The van der Waals surface area contributed by atoms with Crippen molar-refractivity contribution < 1.29 is 19.4 Å². The summed E-state index contributed by atoms with van der Waals surface area (Å²) < 4.78 is 5.38. The lowest BCUT2D eigenvalue weighted by atomic mass is 9.79. The molecule has 0 spiro atoms. The molecular formula is C17H23NO4. The average Bonchev–Trinajstić information content (AvgIpc) is 2.53. The first-order chi connectivity index (χ1) is 10.6. The Morgan fingerprint density at radius 2 is 2.09 bits per heavy atom. The minimum Gasteiger partial charge on any atom is -0.494 e. The Morgan fingerprint density at radius 1 is 1.32 bits per heavy atom. The van der Waals surface area contributed by atoms with E-state index in [9.17, 15) is 14.7 Å². The van der Waals surface area contributed by atoms with Gasteiger partial charge in [-0.2, -0.15) is 0 Å². The largest absolute Gasteiger partial charge is 0.494 e. The smallest absolute Gasteiger partial charge is 0.306 e. The number of nitrogens with one attached hydrogen (secondary N) is 1. The molecule has 1 aromatic carbocycles. The summed E-state index contributed by atoms with van der Waals surface area (Å²) in [5.41, 5.74) is 0.536. The molecule has 0 bridgehead atoms. The third-order valence-electron chi connectivity index (χ3n) is 4.16. The minimum atomic E-state index is -0.753. The van der Waals surface area contributed by atoms with Gasteiger partial charge in [-0.3, -0.25) is 9.59 Å². The second-order valence-electron chi connectivity index (χ2n) is 5.66. The predicted octanol–water partition coefficient (Wildman–Crippen LogP) is 2.71. The zero-order valence-corrected chi connectivity index (χ0v) is 12.9. The van der Waals surface area contributed by atoms with Crippen LogP contribution < -0.4 is 10.1 Å². The number of carbonyl (C=O) groups excluding carboxylic acids is 1. The van der Waals surface area contributed by atoms with E-state index in [0.29, 0.717) is 30.9 Å². The molecule has 22 heavy (non-hydrogen) atoms. The van der Waals surface area contributed by atoms with Crippen molar-refractivity contribution in [1.82, 2.24) is 5.32 Å². The predicted molar refractivity (Wildman–Crippen MR) is 83.0 cm³/mol. The number of carboxylic acid groups (broad SMARTS) is 1. The van der Waals surface area contributed by atoms with E-state index in [-0.39, 0.29) is 17.7 Å². The maximum absolute atomic E-state index is 12.2. The molecule has 1 saturated carbocycles. The number of rotatable bonds is 6. The Kier molecular flexibility index (Phi) is 5.81. The van der Waals surface area contributed by atoms with Crippen LogP contribution in [0.1, 0.15) is 43.0 Å². The van der Waals surface area contributed by atoms with Crippen molar-refractivity contribution in [1.29, 1.82) is 0 Å². The number of carboxylic acids is 1. The molecule has 1 amide bonds. The van der Waals surface area contributed by atoms with Gasteiger partial charge in [0.1, 0.15) is 5.75 Å². The standard InChI is InChI=1S/C17H23NO4/c1-2-22-14-8-5-7-12(10-14)16(19)18-11-13-6-3-4-9-15(13)17(20)21/h5,7-8,10,13,15H,2-4,6,9,11H2,1H3,(H,18,19)(H,20,21)/t13-,15-/m0/s1. The monoisotopic (exact) mass is 305 g/mol. The van der Waals surface area contributed by atoms with E-state index in [2.05, 4.69) is 5.32 Å². The average molecular weight is 305 g/mol. The first-order valence-corrected chi connectivity index (χ1v) is 7.85. The summed E-state index contributed by atoms with van der Waals surface area (Å²) in [5.74, 6) is -0.598. The van der Waals surface area contributed by atoms with Crippen LogP contribution in [0.3, 0.4) is 0 Å². The third-order valence-corrected chi connectivity index (χ3v) is 4.16. The Hall–Kier alpha value is -2.04. The van der Waals surface area contributed by atoms with Crippen molar-refractivity contribution in [3.8, 4) is 5.75 Å². The quantitative estimate of drug-likeness (QED) is 0.847. The molecule has 5 nitrogen and oxygen atoms in total. The van der Waals surface area contributed by atoms with Crippen molar-refractivity contribution in [3.05, 3.63) is 29.8 Å². The zero-order valence-electron chi connectivity index (χ0n) is 12.9. The van der Waals surface area contributed by atoms with Crippen LogP contribution in [0.2, 0.25) is 0 Å². The first kappa shape index (κ1) is 16.3. The van der Waals surface area contributed by atoms with Gasteiger partial charge in [0.25, 0.3) is 5.91 Å². The maximum atomic E-state index is 12.2. The number of aliphatic carboxylic acids is 1. The van der Waals surface area contributed by atoms with Gasteiger partial charge in [0.05, 0.1) is 12.5 Å². The SMILES string of the molecule is CCOc1cccc(C(=O)NC[C@@H]2CCCC[C@@H]2C(=O)O)c1. The van der Waals surface area contributed by atoms with Crippen LogP contribution in [0.25, 0.3) is 0 Å². The summed E-state index contributed by atoms with van der Waals surface area (Å²) in [6, 6.07) is 7.02. The van der Waals surface area contributed by atoms with Gasteiger partial charge in [0, 0.05) is 12.1 Å². The van der Waals surface area contributed by atoms with Crippen LogP contribution in [0, 0.1) is 11.8 Å². The van der Waals surface area contributed by atoms with Crippen molar-refractivity contribution in [3.63, 3.8) is 0 Å². The Bertz CT molecular complexity index is 529. The van der Waals surface area contributed by atoms with Crippen LogP contribution in [-0.2, 0) is 4.79 Å². The van der Waals surface area contributed by atoms with Gasteiger partial charge in [-0.15, -0.1) is 0 Å². The summed E-state index contributed by atoms with van der Waals surface area (Å²) in [7, 11) is 0. The van der Waals surface area contributed by atoms with Gasteiger partial charge >= 0.3 is 5.97 Å². The van der Waals surface area contributed by atoms with E-state index in [4.69, 9.17) is 4.74 Å². The summed E-state index contributed by atoms with van der Waals surface area (Å²) in [5, 5.41) is 12.1. The van der Waals surface area contributed by atoms with Crippen LogP contribution in [0.5, 0.6) is 5.75 Å². The van der Waals surface area contributed by atoms with E-state index in [1.165, 1.54) is 0 Å². The molecule has 0 saturated heterocycles. The molecule has 0 aromatic heterocycles. The number of hydrogen-bond acceptors (Lipinski definition) is 3. The number of amides is 1. The molecule has 0 heterocycles. The lowest BCUT2D eigenvalue weighted by Crippen LogP contribution is -2.37. The molecule has 0 radical (unpaired) electrons. The highest BCUT2D eigenvalue weighted by Crippen LogP contribution is 2.29. The molecule has 120 valence electrons.